The molecule has 1 fully saturated rings. The first kappa shape index (κ1) is 39.4. The number of benzene rings is 2. The number of fused-ring (bicyclic) bond motifs is 1. The number of anilines is 2. The normalized spacial score (nSPS) is 14.5. The highest BCUT2D eigenvalue weighted by atomic mass is 28.4. The lowest BCUT2D eigenvalue weighted by molar-refractivity contribution is 0.131. The number of likely N-dealkylation sites (tertiary alicyclic amines) is 1. The van der Waals surface area contributed by atoms with Gasteiger partial charge in [0.1, 0.15) is 11.0 Å². The van der Waals surface area contributed by atoms with E-state index in [0.717, 1.165) is 36.9 Å². The van der Waals surface area contributed by atoms with Gasteiger partial charge in [0.05, 0.1) is 19.9 Å². The van der Waals surface area contributed by atoms with E-state index in [1.807, 2.05) is 23.0 Å². The first-order valence-electron chi connectivity index (χ1n) is 19.0. The Morgan fingerprint density at radius 3 is 2.18 bits per heavy atom. The van der Waals surface area contributed by atoms with Gasteiger partial charge in [0, 0.05) is 43.5 Å². The van der Waals surface area contributed by atoms with Crippen LogP contribution in [-0.4, -0.2) is 88.1 Å². The summed E-state index contributed by atoms with van der Waals surface area (Å²) >= 11 is 0. The molecule has 1 saturated heterocycles. The molecule has 1 atom stereocenters. The highest BCUT2D eigenvalue weighted by Gasteiger charge is 2.50. The van der Waals surface area contributed by atoms with Crippen molar-refractivity contribution in [2.45, 2.75) is 83.3 Å². The third-order valence-corrected chi connectivity index (χ3v) is 15.5. The lowest BCUT2D eigenvalue weighted by Crippen LogP contribution is -2.66. The van der Waals surface area contributed by atoms with Gasteiger partial charge >= 0.3 is 12.2 Å². The molecule has 0 radical (unpaired) electrons. The van der Waals surface area contributed by atoms with Crippen LogP contribution >= 0.6 is 0 Å². The smallest absolute Gasteiger partial charge is 0.413 e. The van der Waals surface area contributed by atoms with Crippen molar-refractivity contribution in [3.63, 3.8) is 0 Å². The average Bonchev–Trinajstić information content (AvgIpc) is 3.59. The number of hydrogen-bond donors (Lipinski definition) is 3. The molecule has 0 unspecified atom stereocenters. The van der Waals surface area contributed by atoms with E-state index in [9.17, 15) is 14.7 Å². The summed E-state index contributed by atoms with van der Waals surface area (Å²) in [6, 6.07) is 25.4. The van der Waals surface area contributed by atoms with Gasteiger partial charge in [-0.15, -0.1) is 0 Å². The number of hydrogen-bond acceptors (Lipinski definition) is 9. The molecular weight excluding hydrogens is 713 g/mol. The molecule has 0 aliphatic carbocycles. The fourth-order valence-electron chi connectivity index (χ4n) is 7.67. The van der Waals surface area contributed by atoms with Crippen LogP contribution in [0.2, 0.25) is 5.04 Å². The van der Waals surface area contributed by atoms with Crippen molar-refractivity contribution in [2.24, 2.45) is 0 Å². The Morgan fingerprint density at radius 2 is 1.62 bits per heavy atom. The van der Waals surface area contributed by atoms with Crippen LogP contribution in [0.25, 0.3) is 11.0 Å². The maximum absolute atomic E-state index is 12.2. The highest BCUT2D eigenvalue weighted by Crippen LogP contribution is 2.37. The fraction of sp³-hybridized carbons (Fsp3) is 0.415. The zero-order valence-corrected chi connectivity index (χ0v) is 33.4. The fourth-order valence-corrected chi connectivity index (χ4v) is 12.3. The number of aromatic nitrogens is 5. The largest absolute Gasteiger partial charge is 0.465 e. The Labute approximate surface area is 323 Å². The number of amides is 2. The van der Waals surface area contributed by atoms with Gasteiger partial charge in [0.15, 0.2) is 5.82 Å². The summed E-state index contributed by atoms with van der Waals surface area (Å²) in [5.41, 5.74) is 3.18. The average molecular weight is 765 g/mol. The Morgan fingerprint density at radius 1 is 0.945 bits per heavy atom. The molecule has 0 spiro atoms. The van der Waals surface area contributed by atoms with Gasteiger partial charge < -0.3 is 24.5 Å². The van der Waals surface area contributed by atoms with Crippen LogP contribution in [-0.2, 0) is 15.7 Å². The molecule has 1 aliphatic heterocycles. The molecule has 3 N–H and O–H groups in total. The minimum atomic E-state index is -2.73. The second-order valence-corrected chi connectivity index (χ2v) is 19.4. The summed E-state index contributed by atoms with van der Waals surface area (Å²) in [7, 11) is -1.43. The first-order chi connectivity index (χ1) is 26.5. The van der Waals surface area contributed by atoms with Crippen LogP contribution in [0.4, 0.5) is 21.4 Å². The second-order valence-electron chi connectivity index (χ2n) is 15.1. The van der Waals surface area contributed by atoms with Gasteiger partial charge in [-0.2, -0.15) is 10.1 Å². The quantitative estimate of drug-likeness (QED) is 0.102. The Hall–Kier alpha value is -5.34. The molecule has 0 bridgehead atoms. The van der Waals surface area contributed by atoms with E-state index >= 15 is 0 Å². The molecular formula is C41H52N8O5Si. The van der Waals surface area contributed by atoms with Crippen LogP contribution in [0.1, 0.15) is 77.0 Å². The minimum Gasteiger partial charge on any atom is -0.465 e. The van der Waals surface area contributed by atoms with Crippen LogP contribution in [0.15, 0.2) is 85.2 Å². The van der Waals surface area contributed by atoms with E-state index in [4.69, 9.17) is 24.2 Å². The molecule has 2 amide bonds. The summed E-state index contributed by atoms with van der Waals surface area (Å²) in [5, 5.41) is 22.7. The molecule has 1 aliphatic rings. The molecule has 6 rings (SSSR count). The predicted molar refractivity (Wildman–Crippen MR) is 217 cm³/mol. The summed E-state index contributed by atoms with van der Waals surface area (Å²) in [4.78, 5) is 39.2. The summed E-state index contributed by atoms with van der Waals surface area (Å²) < 4.78 is 14.0. The number of rotatable bonds is 14. The number of pyridine rings is 1. The zero-order valence-electron chi connectivity index (χ0n) is 32.4. The number of methoxy groups -OCH3 is 1. The number of carbonyl (C=O) groups excluding carboxylic acids is 1. The SMILES string of the molecule is CCC[C@@H](CCO[Si](c1ccccc1)(c1ccccc1)C(C)(C)C)Nc1nc(NC(=O)OC)nc2cnn(Cc3ccc(C4CCN(C(=O)O)CC4)nc3)c12. The molecule has 4 heterocycles. The number of carbonyl (C=O) groups is 2. The maximum atomic E-state index is 12.2. The molecule has 5 aromatic rings. The van der Waals surface area contributed by atoms with Crippen LogP contribution in [0, 0.1) is 0 Å². The van der Waals surface area contributed by atoms with Gasteiger partial charge in [0.25, 0.3) is 8.32 Å². The van der Waals surface area contributed by atoms with E-state index in [1.165, 1.54) is 22.4 Å². The van der Waals surface area contributed by atoms with Gasteiger partial charge in [-0.05, 0) is 52.7 Å². The highest BCUT2D eigenvalue weighted by molar-refractivity contribution is 6.99. The molecule has 13 nitrogen and oxygen atoms in total. The van der Waals surface area contributed by atoms with Crippen molar-refractivity contribution >= 4 is 53.7 Å². The molecule has 290 valence electrons. The van der Waals surface area contributed by atoms with E-state index < -0.39 is 20.5 Å². The third kappa shape index (κ3) is 8.97. The Balaban J connectivity index is 1.26. The number of ether oxygens (including phenoxy) is 1. The molecule has 3 aromatic heterocycles. The van der Waals surface area contributed by atoms with E-state index in [0.29, 0.717) is 49.5 Å². The van der Waals surface area contributed by atoms with Crippen molar-refractivity contribution < 1.29 is 23.9 Å². The molecule has 2 aromatic carbocycles. The van der Waals surface area contributed by atoms with Crippen molar-refractivity contribution in [2.75, 3.05) is 37.4 Å². The third-order valence-electron chi connectivity index (χ3n) is 10.4. The lowest BCUT2D eigenvalue weighted by Gasteiger charge is -2.43. The van der Waals surface area contributed by atoms with Crippen LogP contribution < -0.4 is 21.0 Å². The van der Waals surface area contributed by atoms with Crippen LogP contribution in [0.3, 0.4) is 0 Å². The Bertz CT molecular complexity index is 1990. The first-order valence-corrected chi connectivity index (χ1v) is 21.0. The van der Waals surface area contributed by atoms with Gasteiger partial charge in [-0.25, -0.2) is 14.6 Å². The predicted octanol–water partition coefficient (Wildman–Crippen LogP) is 6.85. The van der Waals surface area contributed by atoms with E-state index in [2.05, 4.69) is 104 Å². The van der Waals surface area contributed by atoms with Gasteiger partial charge in [-0.3, -0.25) is 15.0 Å². The number of carboxylic acid groups (broad SMARTS) is 1. The monoisotopic (exact) mass is 764 g/mol. The maximum Gasteiger partial charge on any atom is 0.413 e. The lowest BCUT2D eigenvalue weighted by atomic mass is 9.93. The zero-order chi connectivity index (χ0) is 39.0. The van der Waals surface area contributed by atoms with E-state index in [1.54, 1.807) is 6.20 Å². The molecule has 14 heteroatoms. The number of nitrogens with zero attached hydrogens (tertiary/aromatic N) is 6. The van der Waals surface area contributed by atoms with Crippen molar-refractivity contribution in [3.8, 4) is 0 Å². The molecule has 0 saturated carbocycles. The van der Waals surface area contributed by atoms with Gasteiger partial charge in [0.2, 0.25) is 5.95 Å². The van der Waals surface area contributed by atoms with Crippen molar-refractivity contribution in [1.82, 2.24) is 29.6 Å². The van der Waals surface area contributed by atoms with Crippen molar-refractivity contribution in [1.29, 1.82) is 0 Å². The summed E-state index contributed by atoms with van der Waals surface area (Å²) in [5.74, 6) is 0.879. The van der Waals surface area contributed by atoms with Crippen molar-refractivity contribution in [3.05, 3.63) is 96.4 Å². The van der Waals surface area contributed by atoms with E-state index in [-0.39, 0.29) is 22.9 Å². The second kappa shape index (κ2) is 17.4. The summed E-state index contributed by atoms with van der Waals surface area (Å²) in [6.45, 7) is 11.0. The van der Waals surface area contributed by atoms with Crippen LogP contribution in [0.5, 0.6) is 0 Å². The number of piperidine rings is 1. The minimum absolute atomic E-state index is 0.0101. The number of nitrogens with one attached hydrogen (secondary N) is 2. The topological polar surface area (TPSA) is 157 Å². The summed E-state index contributed by atoms with van der Waals surface area (Å²) in [6.07, 6.45) is 6.00. The molecule has 55 heavy (non-hydrogen) atoms. The standard InChI is InChI=1S/C41H52N8O5Si/c1-6-13-31(22-25-54-55(41(2,3)4,32-14-9-7-10-15-32)33-16-11-8-12-17-33)44-37-36-35(45-38(46-37)47-39(50)53-5)27-43-49(36)28-29-18-19-34(42-26-29)30-20-23-48(24-21-30)40(51)52/h7-12,14-19,26-27,30-31H,6,13,20-25,28H2,1-5H3,(H,51,52)(H2,44,45,46,47,50)/t31-/m0/s1. The van der Waals surface area contributed by atoms with Gasteiger partial charge in [-0.1, -0.05) is 101 Å². The Kier molecular flexibility index (Phi) is 12.5.